The van der Waals surface area contributed by atoms with Gasteiger partial charge in [-0.05, 0) is 26.2 Å². The van der Waals surface area contributed by atoms with Crippen LogP contribution in [-0.4, -0.2) is 39.1 Å². The van der Waals surface area contributed by atoms with Crippen molar-refractivity contribution in [1.29, 1.82) is 0 Å². The van der Waals surface area contributed by atoms with Crippen molar-refractivity contribution >= 4 is 63.9 Å². The summed E-state index contributed by atoms with van der Waals surface area (Å²) in [5, 5.41) is 0. The molecule has 12 heavy (non-hydrogen) atoms. The first-order valence-electron chi connectivity index (χ1n) is 3.60. The van der Waals surface area contributed by atoms with Gasteiger partial charge in [-0.2, -0.15) is 0 Å². The van der Waals surface area contributed by atoms with E-state index in [1.165, 1.54) is 0 Å². The van der Waals surface area contributed by atoms with E-state index in [0.717, 1.165) is 21.0 Å². The maximum absolute atomic E-state index is 5.03. The molecule has 0 aromatic rings. The molecule has 0 aromatic heterocycles. The first-order valence-corrected chi connectivity index (χ1v) is 10.8. The molecule has 0 aliphatic carbocycles. The van der Waals surface area contributed by atoms with Gasteiger partial charge < -0.3 is 8.23 Å². The van der Waals surface area contributed by atoms with E-state index in [1.54, 1.807) is 0 Å². The van der Waals surface area contributed by atoms with E-state index in [1.807, 2.05) is 0 Å². The van der Waals surface area contributed by atoms with Gasteiger partial charge in [-0.15, -0.1) is 24.8 Å². The zero-order chi connectivity index (χ0) is 8.57. The fourth-order valence-corrected chi connectivity index (χ4v) is 0. The molecule has 0 amide bonds. The third-order valence-electron chi connectivity index (χ3n) is 0.943. The van der Waals surface area contributed by atoms with Gasteiger partial charge in [0, 0.05) is 0 Å². The maximum atomic E-state index is 5.03. The second-order valence-corrected chi connectivity index (χ2v) is 10.5. The van der Waals surface area contributed by atoms with Crippen molar-refractivity contribution < 1.29 is 8.23 Å². The highest BCUT2D eigenvalue weighted by molar-refractivity contribution is 6.52. The van der Waals surface area contributed by atoms with E-state index < -0.39 is 18.1 Å². The lowest BCUT2D eigenvalue weighted by atomic mass is 11.9. The van der Waals surface area contributed by atoms with Crippen molar-refractivity contribution in [3.63, 3.8) is 0 Å². The molecule has 0 bridgehead atoms. The van der Waals surface area contributed by atoms with E-state index in [-0.39, 0.29) is 24.8 Å². The Hall–Kier alpha value is 1.37. The van der Waals surface area contributed by atoms with Crippen LogP contribution in [-0.2, 0) is 8.23 Å². The molecule has 0 heterocycles. The van der Waals surface area contributed by atoms with Gasteiger partial charge in [0.05, 0.1) is 0 Å². The van der Waals surface area contributed by atoms with E-state index >= 15 is 0 Å². The largest absolute Gasteiger partial charge is 0.466 e. The van der Waals surface area contributed by atoms with Crippen molar-refractivity contribution in [1.82, 2.24) is 0 Å². The molecule has 0 N–H and O–H groups in total. The first kappa shape index (κ1) is 23.3. The molecule has 8 heteroatoms. The summed E-state index contributed by atoms with van der Waals surface area (Å²) in [5.41, 5.74) is 0. The average Bonchev–Trinajstić information content (AvgIpc) is 1.89. The van der Waals surface area contributed by atoms with Crippen LogP contribution in [0, 0.1) is 0 Å². The SMILES string of the molecule is C[SiH](C)O[SiH3].C[SiH](C)O[SiH3].Cl.Cl. The molecule has 0 aromatic carbocycles. The summed E-state index contributed by atoms with van der Waals surface area (Å²) in [6.07, 6.45) is 0. The van der Waals surface area contributed by atoms with Crippen LogP contribution in [0.5, 0.6) is 0 Å². The molecule has 0 saturated heterocycles. The van der Waals surface area contributed by atoms with Gasteiger partial charge in [0.2, 0.25) is 0 Å². The number of rotatable bonds is 2. The smallest absolute Gasteiger partial charge is 0.156 e. The van der Waals surface area contributed by atoms with Crippen LogP contribution in [0.4, 0.5) is 0 Å². The minimum atomic E-state index is -0.588. The minimum absolute atomic E-state index is 0. The van der Waals surface area contributed by atoms with Gasteiger partial charge in [-0.3, -0.25) is 0 Å². The fourth-order valence-electron chi connectivity index (χ4n) is 0. The van der Waals surface area contributed by atoms with E-state index in [2.05, 4.69) is 26.2 Å². The number of hydrogen-bond donors (Lipinski definition) is 0. The van der Waals surface area contributed by atoms with Crippen LogP contribution >= 0.6 is 24.8 Å². The van der Waals surface area contributed by atoms with E-state index in [4.69, 9.17) is 8.23 Å². The van der Waals surface area contributed by atoms with Crippen molar-refractivity contribution in [2.45, 2.75) is 26.2 Å². The molecule has 0 unspecified atom stereocenters. The summed E-state index contributed by atoms with van der Waals surface area (Å²) < 4.78 is 10.1. The minimum Gasteiger partial charge on any atom is -0.466 e. The molecule has 0 aliphatic heterocycles. The quantitative estimate of drug-likeness (QED) is 0.630. The van der Waals surface area contributed by atoms with E-state index in [9.17, 15) is 0 Å². The fraction of sp³-hybridized carbons (Fsp3) is 1.00. The highest BCUT2D eigenvalue weighted by atomic mass is 35.5. The highest BCUT2D eigenvalue weighted by Crippen LogP contribution is 1.72. The summed E-state index contributed by atoms with van der Waals surface area (Å²) >= 11 is 0. The van der Waals surface area contributed by atoms with Gasteiger partial charge in [-0.25, -0.2) is 0 Å². The Morgan fingerprint density at radius 2 is 0.833 bits per heavy atom. The predicted molar refractivity (Wildman–Crippen MR) is 74.3 cm³/mol. The van der Waals surface area contributed by atoms with Gasteiger partial charge in [0.1, 0.15) is 21.0 Å². The summed E-state index contributed by atoms with van der Waals surface area (Å²) in [6, 6.07) is 0. The molecular formula is C4H22Cl2O2Si4. The van der Waals surface area contributed by atoms with Crippen LogP contribution in [0.1, 0.15) is 0 Å². The lowest BCUT2D eigenvalue weighted by Crippen LogP contribution is -2.02. The summed E-state index contributed by atoms with van der Waals surface area (Å²) in [4.78, 5) is 0. The van der Waals surface area contributed by atoms with Crippen molar-refractivity contribution in [3.8, 4) is 0 Å². The molecule has 0 rings (SSSR count). The Morgan fingerprint density at radius 1 is 0.750 bits per heavy atom. The Bertz CT molecular complexity index is 59.0. The lowest BCUT2D eigenvalue weighted by Gasteiger charge is -1.93. The zero-order valence-electron chi connectivity index (χ0n) is 8.79. The summed E-state index contributed by atoms with van der Waals surface area (Å²) in [6.45, 7) is 8.69. The molecule has 80 valence electrons. The molecule has 0 atom stereocenters. The number of hydrogen-bond acceptors (Lipinski definition) is 2. The molecule has 0 saturated carbocycles. The molecular weight excluding hydrogens is 263 g/mol. The molecule has 2 nitrogen and oxygen atoms in total. The Balaban J connectivity index is -0.0000000457. The molecule has 0 spiro atoms. The second kappa shape index (κ2) is 18.2. The van der Waals surface area contributed by atoms with E-state index in [0.29, 0.717) is 0 Å². The summed E-state index contributed by atoms with van der Waals surface area (Å²) in [7, 11) is 0.694. The van der Waals surface area contributed by atoms with Crippen LogP contribution in [0.2, 0.25) is 26.2 Å². The Labute approximate surface area is 98.2 Å². The monoisotopic (exact) mass is 284 g/mol. The van der Waals surface area contributed by atoms with Crippen LogP contribution in [0.15, 0.2) is 0 Å². The molecule has 0 fully saturated rings. The normalized spacial score (nSPS) is 8.50. The van der Waals surface area contributed by atoms with Gasteiger partial charge >= 0.3 is 0 Å². The Kier molecular flexibility index (Phi) is 35.4. The van der Waals surface area contributed by atoms with Crippen molar-refractivity contribution in [2.75, 3.05) is 0 Å². The third kappa shape index (κ3) is 42.4. The van der Waals surface area contributed by atoms with Crippen LogP contribution in [0.3, 0.4) is 0 Å². The second-order valence-electron chi connectivity index (χ2n) is 2.57. The molecule has 0 aliphatic rings. The number of halogens is 2. The molecule has 0 radical (unpaired) electrons. The average molecular weight is 285 g/mol. The first-order chi connectivity index (χ1) is 4.54. The van der Waals surface area contributed by atoms with Crippen molar-refractivity contribution in [2.24, 2.45) is 0 Å². The van der Waals surface area contributed by atoms with Gasteiger partial charge in [0.15, 0.2) is 18.1 Å². The van der Waals surface area contributed by atoms with Crippen molar-refractivity contribution in [3.05, 3.63) is 0 Å². The zero-order valence-corrected chi connectivity index (χ0v) is 16.7. The van der Waals surface area contributed by atoms with Gasteiger partial charge in [-0.1, -0.05) is 0 Å². The Morgan fingerprint density at radius 3 is 0.833 bits per heavy atom. The topological polar surface area (TPSA) is 18.5 Å². The third-order valence-corrected chi connectivity index (χ3v) is 8.49. The van der Waals surface area contributed by atoms with Crippen LogP contribution in [0.25, 0.3) is 0 Å². The van der Waals surface area contributed by atoms with Gasteiger partial charge in [0.25, 0.3) is 0 Å². The van der Waals surface area contributed by atoms with Crippen LogP contribution < -0.4 is 0 Å². The standard InChI is InChI=1S/2C2H10OSi2.2ClH/c2*1-5(2)3-4;;/h2*5H,1-2,4H3;2*1H. The summed E-state index contributed by atoms with van der Waals surface area (Å²) in [5.74, 6) is 0. The highest BCUT2D eigenvalue weighted by Gasteiger charge is 1.82. The lowest BCUT2D eigenvalue weighted by molar-refractivity contribution is 0.647. The maximum Gasteiger partial charge on any atom is 0.156 e. The predicted octanol–water partition coefficient (Wildman–Crippen LogP) is -0.623.